The molecule has 140 valence electrons. The van der Waals surface area contributed by atoms with Crippen LogP contribution in [0.5, 0.6) is 0 Å². The van der Waals surface area contributed by atoms with Crippen LogP contribution in [-0.4, -0.2) is 19.9 Å². The first-order valence-corrected chi connectivity index (χ1v) is 10.2. The monoisotopic (exact) mass is 388 g/mol. The lowest BCUT2D eigenvalue weighted by Crippen LogP contribution is -2.19. The molecule has 0 spiro atoms. The van der Waals surface area contributed by atoms with Crippen LogP contribution in [0.1, 0.15) is 35.7 Å². The summed E-state index contributed by atoms with van der Waals surface area (Å²) >= 11 is 1.60. The first-order chi connectivity index (χ1) is 13.7. The molecule has 0 aromatic carbocycles. The zero-order valence-corrected chi connectivity index (χ0v) is 16.3. The van der Waals surface area contributed by atoms with Crippen LogP contribution in [0.3, 0.4) is 0 Å². The average Bonchev–Trinajstić information content (AvgIpc) is 3.12. The number of nitrogens with two attached hydrogens (primary N) is 1. The van der Waals surface area contributed by atoms with Crippen molar-refractivity contribution in [1.82, 2.24) is 19.9 Å². The number of fused-ring (bicyclic) bond motifs is 2. The van der Waals surface area contributed by atoms with Gasteiger partial charge in [-0.3, -0.25) is 4.98 Å². The van der Waals surface area contributed by atoms with Gasteiger partial charge in [-0.05, 0) is 49.4 Å². The lowest BCUT2D eigenvalue weighted by Gasteiger charge is -2.21. The molecule has 4 heterocycles. The van der Waals surface area contributed by atoms with E-state index in [0.717, 1.165) is 63.1 Å². The van der Waals surface area contributed by atoms with E-state index in [2.05, 4.69) is 21.4 Å². The van der Waals surface area contributed by atoms with Gasteiger partial charge in [0.25, 0.3) is 0 Å². The number of hydrogen-bond acceptors (Lipinski definition) is 7. The van der Waals surface area contributed by atoms with Crippen molar-refractivity contribution in [1.29, 1.82) is 0 Å². The fourth-order valence-corrected chi connectivity index (χ4v) is 4.58. The Balaban J connectivity index is 1.46. The Hall–Kier alpha value is -2.90. The summed E-state index contributed by atoms with van der Waals surface area (Å²) < 4.78 is 1.03. The van der Waals surface area contributed by atoms with E-state index in [-0.39, 0.29) is 6.04 Å². The summed E-state index contributed by atoms with van der Waals surface area (Å²) in [5.74, 6) is 1.48. The van der Waals surface area contributed by atoms with Crippen LogP contribution in [0.15, 0.2) is 42.7 Å². The molecule has 4 aromatic heterocycles. The number of rotatable bonds is 3. The van der Waals surface area contributed by atoms with Crippen molar-refractivity contribution in [2.24, 2.45) is 5.73 Å². The number of nitrogens with one attached hydrogen (secondary N) is 1. The second-order valence-electron chi connectivity index (χ2n) is 7.09. The summed E-state index contributed by atoms with van der Waals surface area (Å²) in [7, 11) is 0. The first kappa shape index (κ1) is 17.2. The zero-order valence-electron chi connectivity index (χ0n) is 15.5. The highest BCUT2D eigenvalue weighted by molar-refractivity contribution is 7.21. The summed E-state index contributed by atoms with van der Waals surface area (Å²) in [4.78, 5) is 18.5. The Kier molecular flexibility index (Phi) is 4.26. The molecule has 0 fully saturated rings. The average molecular weight is 389 g/mol. The lowest BCUT2D eigenvalue weighted by atomic mass is 9.92. The summed E-state index contributed by atoms with van der Waals surface area (Å²) in [6.45, 7) is 2.05. The van der Waals surface area contributed by atoms with E-state index in [1.54, 1.807) is 17.5 Å². The standard InChI is InChI=1S/C21H20N6S/c1-12-4-3-9-23-19(12)21-25-15-10-18(24-11-16(15)28-21)26-17-8-7-13-5-2-6-14(22)20(13)27-17/h3-4,7-11,14H,2,5-6,22H2,1H3,(H,24,26,27)/t14-/m0/s1. The van der Waals surface area contributed by atoms with Gasteiger partial charge in [0.1, 0.15) is 22.3 Å². The molecular weight excluding hydrogens is 368 g/mol. The van der Waals surface area contributed by atoms with Gasteiger partial charge in [0.2, 0.25) is 0 Å². The van der Waals surface area contributed by atoms with Gasteiger partial charge in [0.05, 0.1) is 15.9 Å². The maximum absolute atomic E-state index is 6.23. The molecule has 7 heteroatoms. The molecule has 28 heavy (non-hydrogen) atoms. The highest BCUT2D eigenvalue weighted by Gasteiger charge is 2.19. The van der Waals surface area contributed by atoms with Crippen LogP contribution in [0, 0.1) is 6.92 Å². The van der Waals surface area contributed by atoms with E-state index in [9.17, 15) is 0 Å². The number of hydrogen-bond donors (Lipinski definition) is 2. The van der Waals surface area contributed by atoms with Crippen LogP contribution in [0.4, 0.5) is 11.6 Å². The number of aromatic nitrogens is 4. The first-order valence-electron chi connectivity index (χ1n) is 9.38. The Labute approximate surface area is 166 Å². The Bertz CT molecular complexity index is 1170. The van der Waals surface area contributed by atoms with E-state index in [1.165, 1.54) is 5.56 Å². The maximum Gasteiger partial charge on any atom is 0.143 e. The van der Waals surface area contributed by atoms with E-state index in [1.807, 2.05) is 37.4 Å². The summed E-state index contributed by atoms with van der Waals surface area (Å²) in [5.41, 5.74) is 11.4. The third-order valence-corrected chi connectivity index (χ3v) is 6.08. The largest absolute Gasteiger partial charge is 0.325 e. The third-order valence-electron chi connectivity index (χ3n) is 5.07. The minimum Gasteiger partial charge on any atom is -0.325 e. The van der Waals surface area contributed by atoms with Crippen LogP contribution in [0.25, 0.3) is 20.9 Å². The Morgan fingerprint density at radius 3 is 2.96 bits per heavy atom. The molecule has 0 unspecified atom stereocenters. The number of thiazole rings is 1. The zero-order chi connectivity index (χ0) is 19.1. The van der Waals surface area contributed by atoms with E-state index >= 15 is 0 Å². The van der Waals surface area contributed by atoms with Crippen LogP contribution in [-0.2, 0) is 6.42 Å². The van der Waals surface area contributed by atoms with Crippen molar-refractivity contribution >= 4 is 33.2 Å². The smallest absolute Gasteiger partial charge is 0.143 e. The van der Waals surface area contributed by atoms with E-state index in [0.29, 0.717) is 0 Å². The number of anilines is 2. The molecule has 0 saturated carbocycles. The molecule has 1 aliphatic carbocycles. The summed E-state index contributed by atoms with van der Waals surface area (Å²) in [6.07, 6.45) is 6.81. The molecular formula is C21H20N6S. The van der Waals surface area contributed by atoms with Crippen molar-refractivity contribution in [2.45, 2.75) is 32.2 Å². The molecule has 6 nitrogen and oxygen atoms in total. The fraction of sp³-hybridized carbons (Fsp3) is 0.238. The summed E-state index contributed by atoms with van der Waals surface area (Å²) in [6, 6.07) is 10.1. The molecule has 5 rings (SSSR count). The molecule has 0 bridgehead atoms. The van der Waals surface area contributed by atoms with Crippen molar-refractivity contribution < 1.29 is 0 Å². The normalized spacial score (nSPS) is 16.1. The Morgan fingerprint density at radius 1 is 1.14 bits per heavy atom. The Morgan fingerprint density at radius 2 is 2.07 bits per heavy atom. The van der Waals surface area contributed by atoms with Crippen LogP contribution < -0.4 is 11.1 Å². The summed E-state index contributed by atoms with van der Waals surface area (Å²) in [5, 5.41) is 4.21. The van der Waals surface area contributed by atoms with Crippen molar-refractivity contribution in [3.8, 4) is 10.7 Å². The minimum atomic E-state index is 0.0173. The predicted molar refractivity (Wildman–Crippen MR) is 113 cm³/mol. The second-order valence-corrected chi connectivity index (χ2v) is 8.12. The van der Waals surface area contributed by atoms with Crippen molar-refractivity contribution in [3.63, 3.8) is 0 Å². The molecule has 4 aromatic rings. The van der Waals surface area contributed by atoms with E-state index < -0.39 is 0 Å². The van der Waals surface area contributed by atoms with Gasteiger partial charge in [-0.2, -0.15) is 0 Å². The van der Waals surface area contributed by atoms with Crippen LogP contribution in [0.2, 0.25) is 0 Å². The van der Waals surface area contributed by atoms with Gasteiger partial charge in [0.15, 0.2) is 0 Å². The molecule has 1 atom stereocenters. The molecule has 3 N–H and O–H groups in total. The van der Waals surface area contributed by atoms with Gasteiger partial charge in [-0.25, -0.2) is 15.0 Å². The highest BCUT2D eigenvalue weighted by Crippen LogP contribution is 2.32. The van der Waals surface area contributed by atoms with Crippen LogP contribution >= 0.6 is 11.3 Å². The SMILES string of the molecule is Cc1cccnc1-c1nc2cc(Nc3ccc4c(n3)[C@@H](N)CCC4)ncc2s1. The van der Waals surface area contributed by atoms with Gasteiger partial charge in [0, 0.05) is 24.5 Å². The fourth-order valence-electron chi connectivity index (χ4n) is 3.60. The molecule has 1 aliphatic rings. The van der Waals surface area contributed by atoms with Gasteiger partial charge >= 0.3 is 0 Å². The maximum atomic E-state index is 6.23. The van der Waals surface area contributed by atoms with Gasteiger partial charge in [-0.1, -0.05) is 12.1 Å². The minimum absolute atomic E-state index is 0.0173. The number of nitrogens with zero attached hydrogens (tertiary/aromatic N) is 4. The van der Waals surface area contributed by atoms with Crippen molar-refractivity contribution in [3.05, 3.63) is 59.5 Å². The third kappa shape index (κ3) is 3.12. The van der Waals surface area contributed by atoms with E-state index in [4.69, 9.17) is 15.7 Å². The second kappa shape index (κ2) is 6.92. The van der Waals surface area contributed by atoms with Gasteiger partial charge in [-0.15, -0.1) is 11.3 Å². The molecule has 0 radical (unpaired) electrons. The number of aryl methyl sites for hydroxylation is 2. The highest BCUT2D eigenvalue weighted by atomic mass is 32.1. The topological polar surface area (TPSA) is 89.6 Å². The molecule has 0 aliphatic heterocycles. The molecule has 0 saturated heterocycles. The lowest BCUT2D eigenvalue weighted by molar-refractivity contribution is 0.555. The van der Waals surface area contributed by atoms with Crippen molar-refractivity contribution in [2.75, 3.05) is 5.32 Å². The number of pyridine rings is 3. The molecule has 0 amide bonds. The van der Waals surface area contributed by atoms with Gasteiger partial charge < -0.3 is 11.1 Å². The quantitative estimate of drug-likeness (QED) is 0.536. The predicted octanol–water partition coefficient (Wildman–Crippen LogP) is 4.54.